The topological polar surface area (TPSA) is 9.23 Å². The number of rotatable bonds is 1. The van der Waals surface area contributed by atoms with Crippen LogP contribution in [0.15, 0.2) is 18.2 Å². The van der Waals surface area contributed by atoms with Gasteiger partial charge < -0.3 is 4.74 Å². The van der Waals surface area contributed by atoms with Crippen molar-refractivity contribution in [2.24, 2.45) is 0 Å². The van der Waals surface area contributed by atoms with E-state index < -0.39 is 0 Å². The molecule has 2 rings (SSSR count). The summed E-state index contributed by atoms with van der Waals surface area (Å²) in [5, 5.41) is 0. The summed E-state index contributed by atoms with van der Waals surface area (Å²) < 4.78 is 6.05. The molecule has 1 nitrogen and oxygen atoms in total. The van der Waals surface area contributed by atoms with Crippen LogP contribution in [-0.4, -0.2) is 0 Å². The minimum absolute atomic E-state index is 0.110. The van der Waals surface area contributed by atoms with Crippen LogP contribution in [0.2, 0.25) is 0 Å². The van der Waals surface area contributed by atoms with Crippen LogP contribution < -0.4 is 0 Å². The lowest BCUT2D eigenvalue weighted by Gasteiger charge is -2.21. The highest BCUT2D eigenvalue weighted by Crippen LogP contribution is 2.45. The van der Waals surface area contributed by atoms with E-state index in [4.69, 9.17) is 4.74 Å². The van der Waals surface area contributed by atoms with Crippen molar-refractivity contribution in [3.05, 3.63) is 34.9 Å². The van der Waals surface area contributed by atoms with Gasteiger partial charge in [0, 0.05) is 0 Å². The van der Waals surface area contributed by atoms with Gasteiger partial charge in [-0.25, -0.2) is 0 Å². The van der Waals surface area contributed by atoms with Crippen LogP contribution in [-0.2, 0) is 10.3 Å². The average molecular weight is 190 g/mol. The Bertz CT molecular complexity index is 352. The number of benzene rings is 1. The Morgan fingerprint density at radius 2 is 2.07 bits per heavy atom. The van der Waals surface area contributed by atoms with Crippen LogP contribution in [0, 0.1) is 6.92 Å². The first-order valence-corrected chi connectivity index (χ1v) is 5.34. The Labute approximate surface area is 86.1 Å². The first-order valence-electron chi connectivity index (χ1n) is 5.34. The third kappa shape index (κ3) is 1.27. The van der Waals surface area contributed by atoms with E-state index in [1.54, 1.807) is 0 Å². The van der Waals surface area contributed by atoms with Crippen LogP contribution in [0.3, 0.4) is 0 Å². The van der Waals surface area contributed by atoms with E-state index in [0.717, 1.165) is 6.42 Å². The first kappa shape index (κ1) is 9.72. The zero-order valence-electron chi connectivity index (χ0n) is 9.42. The standard InChI is InChI=1S/C13H18O/c1-5-11-10-8-6-7-9(2)12(10)13(3,4)14-11/h6-8,11H,5H2,1-4H3. The normalized spacial score (nSPS) is 23.6. The van der Waals surface area contributed by atoms with Gasteiger partial charge >= 0.3 is 0 Å². The largest absolute Gasteiger partial charge is 0.363 e. The fraction of sp³-hybridized carbons (Fsp3) is 0.538. The second kappa shape index (κ2) is 3.09. The molecule has 0 N–H and O–H groups in total. The van der Waals surface area contributed by atoms with Gasteiger partial charge in [0.25, 0.3) is 0 Å². The van der Waals surface area contributed by atoms with E-state index in [0.29, 0.717) is 6.10 Å². The highest BCUT2D eigenvalue weighted by molar-refractivity contribution is 5.42. The number of hydrogen-bond donors (Lipinski definition) is 0. The Morgan fingerprint density at radius 3 is 2.71 bits per heavy atom. The predicted molar refractivity (Wildman–Crippen MR) is 58.3 cm³/mol. The van der Waals surface area contributed by atoms with Crippen molar-refractivity contribution in [2.45, 2.75) is 45.8 Å². The maximum atomic E-state index is 6.05. The molecule has 14 heavy (non-hydrogen) atoms. The molecule has 1 aromatic carbocycles. The molecule has 0 aromatic heterocycles. The van der Waals surface area contributed by atoms with Crippen molar-refractivity contribution < 1.29 is 4.74 Å². The Kier molecular flexibility index (Phi) is 2.15. The second-order valence-corrected chi connectivity index (χ2v) is 4.56. The Hall–Kier alpha value is -0.820. The van der Waals surface area contributed by atoms with Gasteiger partial charge in [0.2, 0.25) is 0 Å². The number of hydrogen-bond acceptors (Lipinski definition) is 1. The fourth-order valence-corrected chi connectivity index (χ4v) is 2.56. The third-order valence-corrected chi connectivity index (χ3v) is 3.06. The van der Waals surface area contributed by atoms with Crippen LogP contribution in [0.1, 0.15) is 50.0 Å². The van der Waals surface area contributed by atoms with E-state index in [2.05, 4.69) is 45.9 Å². The lowest BCUT2D eigenvalue weighted by atomic mass is 9.90. The lowest BCUT2D eigenvalue weighted by Crippen LogP contribution is -2.16. The predicted octanol–water partition coefficient (Wildman–Crippen LogP) is 3.71. The molecule has 0 fully saturated rings. The van der Waals surface area contributed by atoms with Crippen LogP contribution in [0.25, 0.3) is 0 Å². The van der Waals surface area contributed by atoms with Crippen molar-refractivity contribution in [1.29, 1.82) is 0 Å². The molecule has 1 aliphatic heterocycles. The third-order valence-electron chi connectivity index (χ3n) is 3.06. The molecule has 1 atom stereocenters. The fourth-order valence-electron chi connectivity index (χ4n) is 2.56. The zero-order chi connectivity index (χ0) is 10.3. The van der Waals surface area contributed by atoms with Crippen LogP contribution in [0.5, 0.6) is 0 Å². The molecule has 0 spiro atoms. The Balaban J connectivity index is 2.59. The quantitative estimate of drug-likeness (QED) is 0.656. The summed E-state index contributed by atoms with van der Waals surface area (Å²) in [6, 6.07) is 6.49. The number of aryl methyl sites for hydroxylation is 1. The van der Waals surface area contributed by atoms with Crippen LogP contribution in [0.4, 0.5) is 0 Å². The molecular weight excluding hydrogens is 172 g/mol. The monoisotopic (exact) mass is 190 g/mol. The Morgan fingerprint density at radius 1 is 1.36 bits per heavy atom. The highest BCUT2D eigenvalue weighted by atomic mass is 16.5. The summed E-state index contributed by atoms with van der Waals surface area (Å²) in [5.74, 6) is 0. The van der Waals surface area contributed by atoms with E-state index in [-0.39, 0.29) is 5.60 Å². The molecular formula is C13H18O. The van der Waals surface area contributed by atoms with Gasteiger partial charge in [0.1, 0.15) is 0 Å². The maximum Gasteiger partial charge on any atom is 0.0889 e. The number of fused-ring (bicyclic) bond motifs is 1. The van der Waals surface area contributed by atoms with Crippen molar-refractivity contribution in [1.82, 2.24) is 0 Å². The van der Waals surface area contributed by atoms with Gasteiger partial charge in [-0.15, -0.1) is 0 Å². The summed E-state index contributed by atoms with van der Waals surface area (Å²) in [6.45, 7) is 8.67. The van der Waals surface area contributed by atoms with Gasteiger partial charge in [0.15, 0.2) is 0 Å². The molecule has 0 saturated carbocycles. The summed E-state index contributed by atoms with van der Waals surface area (Å²) in [6.07, 6.45) is 1.35. The summed E-state index contributed by atoms with van der Waals surface area (Å²) in [7, 11) is 0. The molecule has 1 heterocycles. The molecule has 1 aromatic rings. The molecule has 0 saturated heterocycles. The molecule has 0 radical (unpaired) electrons. The van der Waals surface area contributed by atoms with Crippen molar-refractivity contribution in [3.8, 4) is 0 Å². The maximum absolute atomic E-state index is 6.05. The smallest absolute Gasteiger partial charge is 0.0889 e. The van der Waals surface area contributed by atoms with Gasteiger partial charge in [-0.05, 0) is 43.9 Å². The lowest BCUT2D eigenvalue weighted by molar-refractivity contribution is -0.0534. The first-order chi connectivity index (χ1) is 6.56. The molecule has 1 aliphatic rings. The van der Waals surface area contributed by atoms with Gasteiger partial charge in [-0.1, -0.05) is 25.1 Å². The molecule has 1 unspecified atom stereocenters. The zero-order valence-corrected chi connectivity index (χ0v) is 9.42. The molecule has 0 bridgehead atoms. The SMILES string of the molecule is CCC1OC(C)(C)c2c(C)cccc21. The highest BCUT2D eigenvalue weighted by Gasteiger charge is 2.37. The summed E-state index contributed by atoms with van der Waals surface area (Å²) >= 11 is 0. The summed E-state index contributed by atoms with van der Waals surface area (Å²) in [5.41, 5.74) is 4.02. The van der Waals surface area contributed by atoms with Crippen LogP contribution >= 0.6 is 0 Å². The average Bonchev–Trinajstić information content (AvgIpc) is 2.39. The van der Waals surface area contributed by atoms with E-state index in [9.17, 15) is 0 Å². The van der Waals surface area contributed by atoms with E-state index >= 15 is 0 Å². The molecule has 76 valence electrons. The second-order valence-electron chi connectivity index (χ2n) is 4.56. The van der Waals surface area contributed by atoms with E-state index in [1.807, 2.05) is 0 Å². The molecule has 0 aliphatic carbocycles. The van der Waals surface area contributed by atoms with Crippen molar-refractivity contribution in [3.63, 3.8) is 0 Å². The molecule has 0 amide bonds. The van der Waals surface area contributed by atoms with Crippen molar-refractivity contribution >= 4 is 0 Å². The van der Waals surface area contributed by atoms with Gasteiger partial charge in [0.05, 0.1) is 11.7 Å². The number of ether oxygens (including phenoxy) is 1. The van der Waals surface area contributed by atoms with Crippen molar-refractivity contribution in [2.75, 3.05) is 0 Å². The summed E-state index contributed by atoms with van der Waals surface area (Å²) in [4.78, 5) is 0. The van der Waals surface area contributed by atoms with Gasteiger partial charge in [-0.2, -0.15) is 0 Å². The minimum Gasteiger partial charge on any atom is -0.363 e. The van der Waals surface area contributed by atoms with E-state index in [1.165, 1.54) is 16.7 Å². The minimum atomic E-state index is -0.110. The molecule has 1 heteroatoms. The van der Waals surface area contributed by atoms with Gasteiger partial charge in [-0.3, -0.25) is 0 Å².